The topological polar surface area (TPSA) is 30.5 Å². The summed E-state index contributed by atoms with van der Waals surface area (Å²) in [5.74, 6) is 1.16. The van der Waals surface area contributed by atoms with Crippen molar-refractivity contribution < 1.29 is 9.47 Å². The minimum absolute atomic E-state index is 0.528. The van der Waals surface area contributed by atoms with E-state index in [9.17, 15) is 0 Å². The van der Waals surface area contributed by atoms with Gasteiger partial charge in [0.15, 0.2) is 11.5 Å². The zero-order chi connectivity index (χ0) is 15.4. The van der Waals surface area contributed by atoms with Crippen molar-refractivity contribution in [2.75, 3.05) is 19.5 Å². The summed E-state index contributed by atoms with van der Waals surface area (Å²) in [6, 6.07) is 9.69. The maximum atomic E-state index is 6.21. The van der Waals surface area contributed by atoms with Gasteiger partial charge in [-0.05, 0) is 61.7 Å². The van der Waals surface area contributed by atoms with E-state index in [1.165, 1.54) is 0 Å². The van der Waals surface area contributed by atoms with Gasteiger partial charge in [0.25, 0.3) is 0 Å². The number of halogens is 3. The van der Waals surface area contributed by atoms with Gasteiger partial charge in [-0.15, -0.1) is 0 Å². The molecule has 2 rings (SSSR count). The molecule has 2 aromatic rings. The lowest BCUT2D eigenvalue weighted by Crippen LogP contribution is -2.02. The molecule has 0 spiro atoms. The first-order valence-corrected chi connectivity index (χ1v) is 8.11. The number of rotatable bonds is 5. The second-order valence-electron chi connectivity index (χ2n) is 4.26. The minimum Gasteiger partial charge on any atom is -0.493 e. The Balaban J connectivity index is 2.23. The lowest BCUT2D eigenvalue weighted by molar-refractivity contribution is 0.355. The summed E-state index contributed by atoms with van der Waals surface area (Å²) in [7, 11) is 3.16. The van der Waals surface area contributed by atoms with Crippen LogP contribution in [0.4, 0.5) is 5.69 Å². The Bertz CT molecular complexity index is 630. The highest BCUT2D eigenvalue weighted by Gasteiger charge is 2.11. The van der Waals surface area contributed by atoms with E-state index in [1.54, 1.807) is 14.2 Å². The highest BCUT2D eigenvalue weighted by Crippen LogP contribution is 2.37. The average molecular weight is 436 g/mol. The molecule has 112 valence electrons. The second kappa shape index (κ2) is 7.38. The van der Waals surface area contributed by atoms with Crippen LogP contribution in [0.25, 0.3) is 0 Å². The third-order valence-corrected chi connectivity index (χ3v) is 4.53. The summed E-state index contributed by atoms with van der Waals surface area (Å²) < 4.78 is 12.5. The molecule has 0 amide bonds. The fourth-order valence-corrected chi connectivity index (χ4v) is 3.52. The zero-order valence-corrected chi connectivity index (χ0v) is 15.5. The lowest BCUT2D eigenvalue weighted by Gasteiger charge is -2.14. The molecule has 3 nitrogen and oxygen atoms in total. The van der Waals surface area contributed by atoms with Gasteiger partial charge < -0.3 is 14.8 Å². The van der Waals surface area contributed by atoms with Crippen LogP contribution < -0.4 is 14.8 Å². The Hall–Kier alpha value is -0.910. The van der Waals surface area contributed by atoms with E-state index in [4.69, 9.17) is 21.1 Å². The predicted octanol–water partition coefficient (Wildman–Crippen LogP) is 5.49. The smallest absolute Gasteiger partial charge is 0.179 e. The molecule has 2 aromatic carbocycles. The van der Waals surface area contributed by atoms with Gasteiger partial charge in [-0.2, -0.15) is 0 Å². The summed E-state index contributed by atoms with van der Waals surface area (Å²) >= 11 is 13.3. The summed E-state index contributed by atoms with van der Waals surface area (Å²) in [6.45, 7) is 0.612. The van der Waals surface area contributed by atoms with Gasteiger partial charge in [-0.25, -0.2) is 0 Å². The van der Waals surface area contributed by atoms with Crippen molar-refractivity contribution in [3.05, 3.63) is 49.9 Å². The molecule has 0 aliphatic heterocycles. The van der Waals surface area contributed by atoms with Crippen LogP contribution in [0.3, 0.4) is 0 Å². The first-order chi connectivity index (χ1) is 10.1. The quantitative estimate of drug-likeness (QED) is 0.673. The van der Waals surface area contributed by atoms with Crippen LogP contribution >= 0.6 is 43.5 Å². The SMILES string of the molecule is COc1cc(CNc2c(Br)cccc2Br)cc(Cl)c1OC. The molecule has 0 radical (unpaired) electrons. The molecule has 0 heterocycles. The molecule has 0 atom stereocenters. The Labute approximate surface area is 145 Å². The van der Waals surface area contributed by atoms with Crippen molar-refractivity contribution in [3.63, 3.8) is 0 Å². The van der Waals surface area contributed by atoms with E-state index in [0.717, 1.165) is 20.2 Å². The molecule has 1 N–H and O–H groups in total. The molecular weight excluding hydrogens is 421 g/mol. The van der Waals surface area contributed by atoms with Crippen LogP contribution in [0.2, 0.25) is 5.02 Å². The molecule has 0 bridgehead atoms. The molecule has 0 aliphatic rings. The summed E-state index contributed by atoms with van der Waals surface area (Å²) in [6.07, 6.45) is 0. The largest absolute Gasteiger partial charge is 0.493 e. The standard InChI is InChI=1S/C15H14Br2ClNO2/c1-20-13-7-9(6-12(18)15(13)21-2)8-19-14-10(16)4-3-5-11(14)17/h3-7,19H,8H2,1-2H3. The summed E-state index contributed by atoms with van der Waals surface area (Å²) in [5, 5.41) is 3.89. The van der Waals surface area contributed by atoms with E-state index in [2.05, 4.69) is 37.2 Å². The number of para-hydroxylation sites is 1. The first-order valence-electron chi connectivity index (χ1n) is 6.15. The molecule has 0 saturated heterocycles. The fourth-order valence-electron chi connectivity index (χ4n) is 1.93. The summed E-state index contributed by atoms with van der Waals surface area (Å²) in [4.78, 5) is 0. The van der Waals surface area contributed by atoms with E-state index in [-0.39, 0.29) is 0 Å². The number of hydrogen-bond acceptors (Lipinski definition) is 3. The molecular formula is C15H14Br2ClNO2. The highest BCUT2D eigenvalue weighted by atomic mass is 79.9. The van der Waals surface area contributed by atoms with Gasteiger partial charge in [0, 0.05) is 15.5 Å². The maximum absolute atomic E-state index is 6.21. The number of benzene rings is 2. The Morgan fingerprint density at radius 1 is 1.10 bits per heavy atom. The molecule has 6 heteroatoms. The Kier molecular flexibility index (Phi) is 5.79. The normalized spacial score (nSPS) is 10.3. The van der Waals surface area contributed by atoms with Crippen LogP contribution in [-0.2, 0) is 6.54 Å². The number of ether oxygens (including phenoxy) is 2. The van der Waals surface area contributed by atoms with E-state index < -0.39 is 0 Å². The van der Waals surface area contributed by atoms with Gasteiger partial charge in [-0.1, -0.05) is 17.7 Å². The van der Waals surface area contributed by atoms with Gasteiger partial charge in [-0.3, -0.25) is 0 Å². The predicted molar refractivity (Wildman–Crippen MR) is 93.7 cm³/mol. The van der Waals surface area contributed by atoms with Crippen molar-refractivity contribution in [3.8, 4) is 11.5 Å². The molecule has 0 unspecified atom stereocenters. The van der Waals surface area contributed by atoms with Crippen molar-refractivity contribution in [2.24, 2.45) is 0 Å². The van der Waals surface area contributed by atoms with Crippen LogP contribution in [-0.4, -0.2) is 14.2 Å². The fraction of sp³-hybridized carbons (Fsp3) is 0.200. The van der Waals surface area contributed by atoms with E-state index in [0.29, 0.717) is 23.1 Å². The number of hydrogen-bond donors (Lipinski definition) is 1. The average Bonchev–Trinajstić information content (AvgIpc) is 2.46. The monoisotopic (exact) mass is 433 g/mol. The summed E-state index contributed by atoms with van der Waals surface area (Å²) in [5.41, 5.74) is 1.99. The van der Waals surface area contributed by atoms with Gasteiger partial charge >= 0.3 is 0 Å². The van der Waals surface area contributed by atoms with Crippen LogP contribution in [0, 0.1) is 0 Å². The van der Waals surface area contributed by atoms with Crippen molar-refractivity contribution >= 4 is 49.1 Å². The zero-order valence-electron chi connectivity index (χ0n) is 11.5. The van der Waals surface area contributed by atoms with Crippen LogP contribution in [0.5, 0.6) is 11.5 Å². The highest BCUT2D eigenvalue weighted by molar-refractivity contribution is 9.11. The van der Waals surface area contributed by atoms with Gasteiger partial charge in [0.2, 0.25) is 0 Å². The Morgan fingerprint density at radius 2 is 1.76 bits per heavy atom. The number of methoxy groups -OCH3 is 2. The number of anilines is 1. The van der Waals surface area contributed by atoms with Gasteiger partial charge in [0.05, 0.1) is 24.9 Å². The third-order valence-electron chi connectivity index (χ3n) is 2.93. The minimum atomic E-state index is 0.528. The maximum Gasteiger partial charge on any atom is 0.179 e. The molecule has 21 heavy (non-hydrogen) atoms. The number of nitrogens with one attached hydrogen (secondary N) is 1. The molecule has 0 aliphatic carbocycles. The van der Waals surface area contributed by atoms with Crippen LogP contribution in [0.1, 0.15) is 5.56 Å². The second-order valence-corrected chi connectivity index (χ2v) is 6.38. The molecule has 0 aromatic heterocycles. The first kappa shape index (κ1) is 16.5. The van der Waals surface area contributed by atoms with Gasteiger partial charge in [0.1, 0.15) is 0 Å². The van der Waals surface area contributed by atoms with Crippen molar-refractivity contribution in [2.45, 2.75) is 6.54 Å². The van der Waals surface area contributed by atoms with Crippen molar-refractivity contribution in [1.82, 2.24) is 0 Å². The van der Waals surface area contributed by atoms with Crippen LogP contribution in [0.15, 0.2) is 39.3 Å². The van der Waals surface area contributed by atoms with Crippen molar-refractivity contribution in [1.29, 1.82) is 0 Å². The molecule has 0 saturated carbocycles. The van der Waals surface area contributed by atoms with E-state index in [1.807, 2.05) is 30.3 Å². The lowest BCUT2D eigenvalue weighted by atomic mass is 10.2. The Morgan fingerprint density at radius 3 is 2.33 bits per heavy atom. The third kappa shape index (κ3) is 3.84. The molecule has 0 fully saturated rings. The van der Waals surface area contributed by atoms with E-state index >= 15 is 0 Å².